The van der Waals surface area contributed by atoms with Crippen molar-refractivity contribution >= 4 is 29.1 Å². The van der Waals surface area contributed by atoms with Crippen molar-refractivity contribution in [2.24, 2.45) is 0 Å². The molecule has 0 unspecified atom stereocenters. The number of nitrogens with one attached hydrogen (secondary N) is 1. The number of hydrogen-bond donors (Lipinski definition) is 1. The minimum Gasteiger partial charge on any atom is -0.467 e. The first-order valence-electron chi connectivity index (χ1n) is 6.36. The summed E-state index contributed by atoms with van der Waals surface area (Å²) < 4.78 is 10.5. The van der Waals surface area contributed by atoms with Gasteiger partial charge in [0, 0.05) is 19.3 Å². The van der Waals surface area contributed by atoms with Crippen LogP contribution in [0.5, 0.6) is 0 Å². The van der Waals surface area contributed by atoms with Crippen LogP contribution in [0.25, 0.3) is 0 Å². The molecular formula is C14H14Cl2N2O3. The number of aromatic nitrogens is 1. The lowest BCUT2D eigenvalue weighted by molar-refractivity contribution is 0.0916. The minimum atomic E-state index is -0.243. The first kappa shape index (κ1) is 15.8. The van der Waals surface area contributed by atoms with Crippen molar-refractivity contribution in [1.82, 2.24) is 10.3 Å². The number of hydrogen-bond acceptors (Lipinski definition) is 4. The highest BCUT2D eigenvalue weighted by atomic mass is 35.5. The van der Waals surface area contributed by atoms with Gasteiger partial charge in [-0.05, 0) is 24.6 Å². The Morgan fingerprint density at radius 2 is 2.29 bits per heavy atom. The molecule has 0 saturated carbocycles. The van der Waals surface area contributed by atoms with Crippen LogP contribution in [-0.2, 0) is 11.3 Å². The smallest absolute Gasteiger partial charge is 0.252 e. The second-order valence-corrected chi connectivity index (χ2v) is 5.00. The summed E-state index contributed by atoms with van der Waals surface area (Å²) in [7, 11) is 0. The Morgan fingerprint density at radius 3 is 3.00 bits per heavy atom. The monoisotopic (exact) mass is 328 g/mol. The molecule has 2 rings (SSSR count). The van der Waals surface area contributed by atoms with Gasteiger partial charge in [0.25, 0.3) is 5.91 Å². The van der Waals surface area contributed by atoms with Crippen LogP contribution in [0.2, 0.25) is 10.2 Å². The van der Waals surface area contributed by atoms with Gasteiger partial charge in [0.1, 0.15) is 17.5 Å². The van der Waals surface area contributed by atoms with Gasteiger partial charge in [-0.2, -0.15) is 0 Å². The SMILES string of the molecule is O=C(NCCCOCc1ccco1)c1cnc(Cl)c(Cl)c1. The molecule has 21 heavy (non-hydrogen) atoms. The molecule has 0 spiro atoms. The van der Waals surface area contributed by atoms with E-state index >= 15 is 0 Å². The third-order valence-corrected chi connectivity index (χ3v) is 3.32. The first-order chi connectivity index (χ1) is 10.2. The Labute approximate surface area is 132 Å². The Kier molecular flexibility index (Phi) is 6.04. The number of nitrogens with zero attached hydrogens (tertiary/aromatic N) is 1. The maximum absolute atomic E-state index is 11.8. The van der Waals surface area contributed by atoms with E-state index in [1.807, 2.05) is 12.1 Å². The van der Waals surface area contributed by atoms with Gasteiger partial charge in [-0.15, -0.1) is 0 Å². The highest BCUT2D eigenvalue weighted by molar-refractivity contribution is 6.41. The van der Waals surface area contributed by atoms with Gasteiger partial charge in [-0.3, -0.25) is 4.79 Å². The molecule has 2 aromatic heterocycles. The van der Waals surface area contributed by atoms with Gasteiger partial charge in [0.15, 0.2) is 0 Å². The quantitative estimate of drug-likeness (QED) is 0.625. The number of carbonyl (C=O) groups excluding carboxylic acids is 1. The second kappa shape index (κ2) is 8.02. The van der Waals surface area contributed by atoms with Crippen LogP contribution in [0.1, 0.15) is 22.5 Å². The number of rotatable bonds is 7. The summed E-state index contributed by atoms with van der Waals surface area (Å²) in [6, 6.07) is 5.14. The summed E-state index contributed by atoms with van der Waals surface area (Å²) in [6.45, 7) is 1.45. The summed E-state index contributed by atoms with van der Waals surface area (Å²) in [5.74, 6) is 0.535. The van der Waals surface area contributed by atoms with E-state index in [2.05, 4.69) is 10.3 Å². The van der Waals surface area contributed by atoms with E-state index in [1.165, 1.54) is 12.3 Å². The van der Waals surface area contributed by atoms with Crippen LogP contribution in [0, 0.1) is 0 Å². The molecule has 112 valence electrons. The Bertz CT molecular complexity index is 588. The van der Waals surface area contributed by atoms with Crippen molar-refractivity contribution in [1.29, 1.82) is 0 Å². The zero-order valence-electron chi connectivity index (χ0n) is 11.1. The summed E-state index contributed by atoms with van der Waals surface area (Å²) >= 11 is 11.5. The Hall–Kier alpha value is -1.56. The van der Waals surface area contributed by atoms with E-state index in [0.29, 0.717) is 31.7 Å². The summed E-state index contributed by atoms with van der Waals surface area (Å²) in [4.78, 5) is 15.6. The number of ether oxygens (including phenoxy) is 1. The molecule has 0 atom stereocenters. The highest BCUT2D eigenvalue weighted by Gasteiger charge is 2.08. The molecule has 0 aliphatic rings. The summed E-state index contributed by atoms with van der Waals surface area (Å²) in [6.07, 6.45) is 3.68. The maximum atomic E-state index is 11.8. The number of furan rings is 1. The molecule has 1 amide bonds. The fourth-order valence-electron chi connectivity index (χ4n) is 1.59. The second-order valence-electron chi connectivity index (χ2n) is 4.24. The third-order valence-electron chi connectivity index (χ3n) is 2.63. The van der Waals surface area contributed by atoms with Crippen LogP contribution in [0.15, 0.2) is 35.1 Å². The van der Waals surface area contributed by atoms with E-state index in [9.17, 15) is 4.79 Å². The lowest BCUT2D eigenvalue weighted by Crippen LogP contribution is -2.25. The van der Waals surface area contributed by atoms with E-state index in [0.717, 1.165) is 5.76 Å². The van der Waals surface area contributed by atoms with E-state index in [1.54, 1.807) is 6.26 Å². The average molecular weight is 329 g/mol. The molecule has 0 fully saturated rings. The lowest BCUT2D eigenvalue weighted by atomic mass is 10.2. The number of carbonyl (C=O) groups is 1. The van der Waals surface area contributed by atoms with Crippen LogP contribution < -0.4 is 5.32 Å². The fraction of sp³-hybridized carbons (Fsp3) is 0.286. The van der Waals surface area contributed by atoms with Gasteiger partial charge in [0.2, 0.25) is 0 Å². The molecule has 0 aliphatic carbocycles. The molecule has 0 radical (unpaired) electrons. The molecule has 0 saturated heterocycles. The largest absolute Gasteiger partial charge is 0.467 e. The predicted octanol–water partition coefficient (Wildman–Crippen LogP) is 3.32. The summed E-state index contributed by atoms with van der Waals surface area (Å²) in [5, 5.41) is 3.19. The molecular weight excluding hydrogens is 315 g/mol. The Balaban J connectivity index is 1.63. The minimum absolute atomic E-state index is 0.180. The molecule has 5 nitrogen and oxygen atoms in total. The van der Waals surface area contributed by atoms with Crippen molar-refractivity contribution in [3.63, 3.8) is 0 Å². The fourth-order valence-corrected chi connectivity index (χ4v) is 1.86. The van der Waals surface area contributed by atoms with E-state index < -0.39 is 0 Å². The van der Waals surface area contributed by atoms with Crippen molar-refractivity contribution in [2.75, 3.05) is 13.2 Å². The third kappa shape index (κ3) is 5.04. The first-order valence-corrected chi connectivity index (χ1v) is 7.12. The molecule has 0 bridgehead atoms. The standard InChI is InChI=1S/C14H14Cl2N2O3/c15-12-7-10(8-18-13(12)16)14(19)17-4-2-5-20-9-11-3-1-6-21-11/h1,3,6-8H,2,4-5,9H2,(H,17,19). The Morgan fingerprint density at radius 1 is 1.43 bits per heavy atom. The topological polar surface area (TPSA) is 64.4 Å². The van der Waals surface area contributed by atoms with Crippen LogP contribution in [-0.4, -0.2) is 24.0 Å². The average Bonchev–Trinajstić information content (AvgIpc) is 2.98. The highest BCUT2D eigenvalue weighted by Crippen LogP contribution is 2.19. The van der Waals surface area contributed by atoms with E-state index in [4.69, 9.17) is 32.4 Å². The molecule has 2 aromatic rings. The van der Waals surface area contributed by atoms with Crippen molar-refractivity contribution in [2.45, 2.75) is 13.0 Å². The van der Waals surface area contributed by atoms with Crippen molar-refractivity contribution in [3.05, 3.63) is 52.2 Å². The van der Waals surface area contributed by atoms with Crippen molar-refractivity contribution in [3.8, 4) is 0 Å². The lowest BCUT2D eigenvalue weighted by Gasteiger charge is -2.06. The van der Waals surface area contributed by atoms with Crippen molar-refractivity contribution < 1.29 is 13.9 Å². The maximum Gasteiger partial charge on any atom is 0.252 e. The molecule has 0 aliphatic heterocycles. The molecule has 1 N–H and O–H groups in total. The number of pyridine rings is 1. The normalized spacial score (nSPS) is 10.6. The van der Waals surface area contributed by atoms with Gasteiger partial charge in [0.05, 0.1) is 16.8 Å². The van der Waals surface area contributed by atoms with Gasteiger partial charge >= 0.3 is 0 Å². The predicted molar refractivity (Wildman–Crippen MR) is 79.6 cm³/mol. The number of halogens is 2. The van der Waals surface area contributed by atoms with Crippen LogP contribution in [0.4, 0.5) is 0 Å². The summed E-state index contributed by atoms with van der Waals surface area (Å²) in [5.41, 5.74) is 0.376. The van der Waals surface area contributed by atoms with Crippen LogP contribution >= 0.6 is 23.2 Å². The number of amides is 1. The molecule has 2 heterocycles. The van der Waals surface area contributed by atoms with Gasteiger partial charge < -0.3 is 14.5 Å². The van der Waals surface area contributed by atoms with Crippen LogP contribution in [0.3, 0.4) is 0 Å². The zero-order chi connectivity index (χ0) is 15.1. The van der Waals surface area contributed by atoms with Gasteiger partial charge in [-0.25, -0.2) is 4.98 Å². The van der Waals surface area contributed by atoms with E-state index in [-0.39, 0.29) is 16.1 Å². The van der Waals surface area contributed by atoms with Gasteiger partial charge in [-0.1, -0.05) is 23.2 Å². The molecule has 0 aromatic carbocycles. The molecule has 7 heteroatoms. The zero-order valence-corrected chi connectivity index (χ0v) is 12.7.